The Morgan fingerprint density at radius 3 is 2.46 bits per heavy atom. The normalized spacial score (nSPS) is 13.5. The molecule has 0 spiro atoms. The quantitative estimate of drug-likeness (QED) is 0.756. The maximum absolute atomic E-state index is 14.3. The highest BCUT2D eigenvalue weighted by Crippen LogP contribution is 2.38. The lowest BCUT2D eigenvalue weighted by molar-refractivity contribution is 0.0948. The first kappa shape index (κ1) is 16.0. The van der Waals surface area contributed by atoms with Gasteiger partial charge in [0.1, 0.15) is 29.4 Å². The fraction of sp³-hybridized carbons (Fsp3) is 0.111. The fourth-order valence-corrected chi connectivity index (χ4v) is 2.61. The predicted octanol–water partition coefficient (Wildman–Crippen LogP) is 3.23. The predicted molar refractivity (Wildman–Crippen MR) is 85.8 cm³/mol. The van der Waals surface area contributed by atoms with Crippen molar-refractivity contribution in [3.8, 4) is 0 Å². The Morgan fingerprint density at radius 2 is 1.83 bits per heavy atom. The Bertz CT molecular complexity index is 847. The summed E-state index contributed by atoms with van der Waals surface area (Å²) in [6.45, 7) is 3.92. The van der Waals surface area contributed by atoms with E-state index >= 15 is 0 Å². The zero-order valence-corrected chi connectivity index (χ0v) is 12.7. The zero-order valence-electron chi connectivity index (χ0n) is 12.7. The Kier molecular flexibility index (Phi) is 4.22. The fourth-order valence-electron chi connectivity index (χ4n) is 2.61. The van der Waals surface area contributed by atoms with Crippen LogP contribution < -0.4 is 0 Å². The molecule has 1 heterocycles. The average Bonchev–Trinajstić information content (AvgIpc) is 3.08. The summed E-state index contributed by atoms with van der Waals surface area (Å²) in [5, 5.41) is 17.7. The van der Waals surface area contributed by atoms with Gasteiger partial charge in [-0.05, 0) is 29.3 Å². The Hall–Kier alpha value is -2.86. The van der Waals surface area contributed by atoms with Crippen LogP contribution >= 0.6 is 0 Å². The minimum absolute atomic E-state index is 0.0514. The molecular formula is C18H15F2N3O. The Balaban J connectivity index is 2.09. The van der Waals surface area contributed by atoms with Crippen LogP contribution in [0.25, 0.3) is 5.57 Å². The number of rotatable bonds is 5. The van der Waals surface area contributed by atoms with Gasteiger partial charge in [0.25, 0.3) is 0 Å². The smallest absolute Gasteiger partial charge is 0.137 e. The Labute approximate surface area is 137 Å². The van der Waals surface area contributed by atoms with Crippen molar-refractivity contribution in [1.82, 2.24) is 15.2 Å². The van der Waals surface area contributed by atoms with Crippen LogP contribution in [-0.2, 0) is 12.0 Å². The van der Waals surface area contributed by atoms with Crippen molar-refractivity contribution in [3.63, 3.8) is 0 Å². The SMILES string of the molecule is C=C(c1ccc(F)cc1)C(O)(Cc1ncn[nH]1)c1ccccc1F. The van der Waals surface area contributed by atoms with E-state index in [1.165, 1.54) is 48.8 Å². The monoisotopic (exact) mass is 327 g/mol. The van der Waals surface area contributed by atoms with Gasteiger partial charge in [-0.15, -0.1) is 0 Å². The third-order valence-electron chi connectivity index (χ3n) is 3.90. The van der Waals surface area contributed by atoms with E-state index in [1.807, 2.05) is 0 Å². The third-order valence-corrected chi connectivity index (χ3v) is 3.90. The molecule has 0 aliphatic heterocycles. The van der Waals surface area contributed by atoms with E-state index in [-0.39, 0.29) is 17.6 Å². The molecule has 4 nitrogen and oxygen atoms in total. The summed E-state index contributed by atoms with van der Waals surface area (Å²) in [5.74, 6) is -0.594. The van der Waals surface area contributed by atoms with Gasteiger partial charge >= 0.3 is 0 Å². The first-order valence-corrected chi connectivity index (χ1v) is 7.27. The van der Waals surface area contributed by atoms with Gasteiger partial charge in [0.05, 0.1) is 0 Å². The van der Waals surface area contributed by atoms with E-state index < -0.39 is 17.2 Å². The van der Waals surface area contributed by atoms with Crippen molar-refractivity contribution < 1.29 is 13.9 Å². The number of aliphatic hydroxyl groups is 1. The van der Waals surface area contributed by atoms with Crippen LogP contribution in [0.3, 0.4) is 0 Å². The maximum atomic E-state index is 14.3. The standard InChI is InChI=1S/C18H15F2N3O/c1-12(13-6-8-14(19)9-7-13)18(24,10-17-21-11-22-23-17)15-4-2-3-5-16(15)20/h2-9,11,24H,1,10H2,(H,21,22,23). The highest BCUT2D eigenvalue weighted by molar-refractivity contribution is 5.72. The maximum Gasteiger partial charge on any atom is 0.137 e. The summed E-state index contributed by atoms with van der Waals surface area (Å²) in [4.78, 5) is 4.00. The summed E-state index contributed by atoms with van der Waals surface area (Å²) in [6.07, 6.45) is 1.25. The number of aromatic amines is 1. The van der Waals surface area contributed by atoms with Crippen molar-refractivity contribution in [2.75, 3.05) is 0 Å². The lowest BCUT2D eigenvalue weighted by Gasteiger charge is -2.31. The molecule has 0 radical (unpaired) electrons. The molecule has 0 bridgehead atoms. The molecular weight excluding hydrogens is 312 g/mol. The molecule has 0 aliphatic rings. The van der Waals surface area contributed by atoms with Gasteiger partial charge in [-0.1, -0.05) is 36.9 Å². The zero-order chi connectivity index (χ0) is 17.2. The summed E-state index contributed by atoms with van der Waals surface area (Å²) in [6, 6.07) is 11.4. The topological polar surface area (TPSA) is 61.8 Å². The number of hydrogen-bond acceptors (Lipinski definition) is 3. The molecule has 3 rings (SSSR count). The van der Waals surface area contributed by atoms with Gasteiger partial charge in [-0.25, -0.2) is 13.8 Å². The lowest BCUT2D eigenvalue weighted by Crippen LogP contribution is -2.31. The third kappa shape index (κ3) is 2.96. The molecule has 3 aromatic rings. The van der Waals surface area contributed by atoms with E-state index in [0.29, 0.717) is 11.4 Å². The van der Waals surface area contributed by atoms with Crippen LogP contribution in [0.1, 0.15) is 17.0 Å². The minimum atomic E-state index is -1.76. The van der Waals surface area contributed by atoms with Crippen molar-refractivity contribution in [3.05, 3.63) is 90.0 Å². The molecule has 1 unspecified atom stereocenters. The first-order chi connectivity index (χ1) is 11.5. The van der Waals surface area contributed by atoms with Crippen LogP contribution in [0.5, 0.6) is 0 Å². The van der Waals surface area contributed by atoms with Crippen LogP contribution in [0.15, 0.2) is 61.4 Å². The number of halogens is 2. The number of hydrogen-bond donors (Lipinski definition) is 2. The molecule has 122 valence electrons. The van der Waals surface area contributed by atoms with Crippen molar-refractivity contribution >= 4 is 5.57 Å². The number of H-pyrrole nitrogens is 1. The largest absolute Gasteiger partial charge is 0.380 e. The molecule has 0 saturated carbocycles. The van der Waals surface area contributed by atoms with Gasteiger partial charge in [0.15, 0.2) is 0 Å². The van der Waals surface area contributed by atoms with Crippen LogP contribution in [0.4, 0.5) is 8.78 Å². The molecule has 1 aromatic heterocycles. The van der Waals surface area contributed by atoms with E-state index in [0.717, 1.165) is 0 Å². The van der Waals surface area contributed by atoms with Gasteiger partial charge in [-0.3, -0.25) is 5.10 Å². The van der Waals surface area contributed by atoms with Gasteiger partial charge in [-0.2, -0.15) is 5.10 Å². The second-order valence-electron chi connectivity index (χ2n) is 5.43. The highest BCUT2D eigenvalue weighted by Gasteiger charge is 2.37. The molecule has 6 heteroatoms. The molecule has 0 fully saturated rings. The molecule has 24 heavy (non-hydrogen) atoms. The van der Waals surface area contributed by atoms with E-state index in [9.17, 15) is 13.9 Å². The van der Waals surface area contributed by atoms with E-state index in [1.54, 1.807) is 6.07 Å². The van der Waals surface area contributed by atoms with Gasteiger partial charge in [0.2, 0.25) is 0 Å². The van der Waals surface area contributed by atoms with E-state index in [4.69, 9.17) is 0 Å². The molecule has 0 amide bonds. The average molecular weight is 327 g/mol. The van der Waals surface area contributed by atoms with Gasteiger partial charge in [0, 0.05) is 12.0 Å². The first-order valence-electron chi connectivity index (χ1n) is 7.27. The second kappa shape index (κ2) is 6.33. The van der Waals surface area contributed by atoms with Crippen molar-refractivity contribution in [2.24, 2.45) is 0 Å². The van der Waals surface area contributed by atoms with Crippen molar-refractivity contribution in [1.29, 1.82) is 0 Å². The molecule has 0 aliphatic carbocycles. The van der Waals surface area contributed by atoms with Crippen LogP contribution in [-0.4, -0.2) is 20.3 Å². The summed E-state index contributed by atoms with van der Waals surface area (Å²) >= 11 is 0. The molecule has 2 aromatic carbocycles. The number of aromatic nitrogens is 3. The number of nitrogens with one attached hydrogen (secondary N) is 1. The van der Waals surface area contributed by atoms with Crippen molar-refractivity contribution in [2.45, 2.75) is 12.0 Å². The van der Waals surface area contributed by atoms with Gasteiger partial charge < -0.3 is 5.11 Å². The minimum Gasteiger partial charge on any atom is -0.380 e. The lowest BCUT2D eigenvalue weighted by atomic mass is 9.80. The number of nitrogens with zero attached hydrogens (tertiary/aromatic N) is 2. The molecule has 1 atom stereocenters. The van der Waals surface area contributed by atoms with Crippen LogP contribution in [0, 0.1) is 11.6 Å². The Morgan fingerprint density at radius 1 is 1.12 bits per heavy atom. The van der Waals surface area contributed by atoms with E-state index in [2.05, 4.69) is 21.8 Å². The van der Waals surface area contributed by atoms with Crippen LogP contribution in [0.2, 0.25) is 0 Å². The molecule has 2 N–H and O–H groups in total. The highest BCUT2D eigenvalue weighted by atomic mass is 19.1. The number of benzene rings is 2. The summed E-state index contributed by atoms with van der Waals surface area (Å²) in [7, 11) is 0. The summed E-state index contributed by atoms with van der Waals surface area (Å²) in [5.41, 5.74) is -0.954. The second-order valence-corrected chi connectivity index (χ2v) is 5.43. The summed E-state index contributed by atoms with van der Waals surface area (Å²) < 4.78 is 27.5. The molecule has 0 saturated heterocycles.